The zero-order valence-electron chi connectivity index (χ0n) is 12.4. The quantitative estimate of drug-likeness (QED) is 0.846. The standard InChI is InChI=1S/C15H26N4/c1-4-16-10-13-7-8-17-11-15(13)19-9-5-6-14(19)12-18(2)3/h7-8,11,14,16H,4-6,9-10,12H2,1-3H3. The Bertz CT molecular complexity index is 391. The van der Waals surface area contributed by atoms with Crippen molar-refractivity contribution in [2.24, 2.45) is 0 Å². The summed E-state index contributed by atoms with van der Waals surface area (Å²) in [6.45, 7) is 6.35. The second-order valence-electron chi connectivity index (χ2n) is 5.54. The highest BCUT2D eigenvalue weighted by Gasteiger charge is 2.26. The molecule has 1 fully saturated rings. The molecule has 1 N–H and O–H groups in total. The van der Waals surface area contributed by atoms with Crippen molar-refractivity contribution in [1.82, 2.24) is 15.2 Å². The Labute approximate surface area is 116 Å². The Morgan fingerprint density at radius 1 is 1.47 bits per heavy atom. The lowest BCUT2D eigenvalue weighted by Crippen LogP contribution is -2.38. The Morgan fingerprint density at radius 3 is 3.05 bits per heavy atom. The average Bonchev–Trinajstić information content (AvgIpc) is 2.84. The van der Waals surface area contributed by atoms with E-state index in [9.17, 15) is 0 Å². The first-order chi connectivity index (χ1) is 9.22. The number of hydrogen-bond donors (Lipinski definition) is 1. The first-order valence-corrected chi connectivity index (χ1v) is 7.27. The second-order valence-corrected chi connectivity index (χ2v) is 5.54. The number of nitrogens with zero attached hydrogens (tertiary/aromatic N) is 3. The fraction of sp³-hybridized carbons (Fsp3) is 0.667. The van der Waals surface area contributed by atoms with E-state index in [0.717, 1.165) is 26.2 Å². The predicted molar refractivity (Wildman–Crippen MR) is 80.5 cm³/mol. The normalized spacial score (nSPS) is 19.4. The third-order valence-corrected chi connectivity index (χ3v) is 3.72. The zero-order chi connectivity index (χ0) is 13.7. The minimum absolute atomic E-state index is 0.625. The third kappa shape index (κ3) is 3.67. The van der Waals surface area contributed by atoms with Gasteiger partial charge in [0.1, 0.15) is 0 Å². The maximum absolute atomic E-state index is 4.33. The van der Waals surface area contributed by atoms with Crippen LogP contribution in [-0.2, 0) is 6.54 Å². The fourth-order valence-corrected chi connectivity index (χ4v) is 2.85. The molecule has 0 spiro atoms. The molecule has 106 valence electrons. The maximum atomic E-state index is 4.33. The predicted octanol–water partition coefficient (Wildman–Crippen LogP) is 1.72. The molecule has 1 aromatic rings. The van der Waals surface area contributed by atoms with Crippen LogP contribution in [0.1, 0.15) is 25.3 Å². The SMILES string of the molecule is CCNCc1ccncc1N1CCCC1CN(C)C. The first-order valence-electron chi connectivity index (χ1n) is 7.27. The molecule has 0 bridgehead atoms. The molecule has 1 aliphatic rings. The minimum Gasteiger partial charge on any atom is -0.366 e. The number of likely N-dealkylation sites (N-methyl/N-ethyl adjacent to an activating group) is 1. The number of rotatable bonds is 6. The lowest BCUT2D eigenvalue weighted by atomic mass is 10.1. The van der Waals surface area contributed by atoms with Crippen molar-refractivity contribution >= 4 is 5.69 Å². The fourth-order valence-electron chi connectivity index (χ4n) is 2.85. The zero-order valence-corrected chi connectivity index (χ0v) is 12.4. The highest BCUT2D eigenvalue weighted by molar-refractivity contribution is 5.53. The first kappa shape index (κ1) is 14.3. The van der Waals surface area contributed by atoms with Gasteiger partial charge in [0.15, 0.2) is 0 Å². The van der Waals surface area contributed by atoms with Crippen LogP contribution in [0, 0.1) is 0 Å². The van der Waals surface area contributed by atoms with E-state index in [1.165, 1.54) is 24.1 Å². The van der Waals surface area contributed by atoms with Crippen LogP contribution in [0.25, 0.3) is 0 Å². The van der Waals surface area contributed by atoms with Crippen LogP contribution in [0.2, 0.25) is 0 Å². The van der Waals surface area contributed by atoms with Crippen LogP contribution in [0.15, 0.2) is 18.5 Å². The molecule has 19 heavy (non-hydrogen) atoms. The van der Waals surface area contributed by atoms with Crippen LogP contribution >= 0.6 is 0 Å². The molecule has 0 aromatic carbocycles. The molecule has 1 aromatic heterocycles. The molecule has 2 rings (SSSR count). The van der Waals surface area contributed by atoms with Crippen molar-refractivity contribution in [1.29, 1.82) is 0 Å². The van der Waals surface area contributed by atoms with E-state index in [1.54, 1.807) is 0 Å². The molecule has 1 saturated heterocycles. The van der Waals surface area contributed by atoms with Crippen molar-refractivity contribution in [3.63, 3.8) is 0 Å². The van der Waals surface area contributed by atoms with E-state index in [0.29, 0.717) is 6.04 Å². The van der Waals surface area contributed by atoms with Gasteiger partial charge < -0.3 is 15.1 Å². The summed E-state index contributed by atoms with van der Waals surface area (Å²) in [6.07, 6.45) is 6.50. The molecule has 0 aliphatic carbocycles. The summed E-state index contributed by atoms with van der Waals surface area (Å²) in [5, 5.41) is 3.42. The summed E-state index contributed by atoms with van der Waals surface area (Å²) in [5.41, 5.74) is 2.68. The maximum Gasteiger partial charge on any atom is 0.0601 e. The number of nitrogens with one attached hydrogen (secondary N) is 1. The van der Waals surface area contributed by atoms with Crippen LogP contribution in [-0.4, -0.2) is 49.7 Å². The molecular weight excluding hydrogens is 236 g/mol. The Balaban J connectivity index is 2.15. The van der Waals surface area contributed by atoms with Crippen molar-refractivity contribution in [2.75, 3.05) is 38.6 Å². The molecular formula is C15H26N4. The molecule has 0 radical (unpaired) electrons. The van der Waals surface area contributed by atoms with Gasteiger partial charge in [-0.25, -0.2) is 0 Å². The summed E-state index contributed by atoms with van der Waals surface area (Å²) < 4.78 is 0. The van der Waals surface area contributed by atoms with Crippen molar-refractivity contribution < 1.29 is 0 Å². The van der Waals surface area contributed by atoms with Crippen molar-refractivity contribution in [3.8, 4) is 0 Å². The van der Waals surface area contributed by atoms with Gasteiger partial charge in [0, 0.05) is 31.9 Å². The van der Waals surface area contributed by atoms with E-state index >= 15 is 0 Å². The smallest absolute Gasteiger partial charge is 0.0601 e. The number of hydrogen-bond acceptors (Lipinski definition) is 4. The monoisotopic (exact) mass is 262 g/mol. The molecule has 0 amide bonds. The van der Waals surface area contributed by atoms with E-state index in [1.807, 2.05) is 12.4 Å². The van der Waals surface area contributed by atoms with E-state index in [-0.39, 0.29) is 0 Å². The summed E-state index contributed by atoms with van der Waals surface area (Å²) in [7, 11) is 4.30. The highest BCUT2D eigenvalue weighted by Crippen LogP contribution is 2.28. The lowest BCUT2D eigenvalue weighted by molar-refractivity contribution is 0.372. The van der Waals surface area contributed by atoms with Gasteiger partial charge in [0.2, 0.25) is 0 Å². The molecule has 4 nitrogen and oxygen atoms in total. The van der Waals surface area contributed by atoms with Gasteiger partial charge in [0.05, 0.1) is 11.9 Å². The van der Waals surface area contributed by atoms with Crippen molar-refractivity contribution in [3.05, 3.63) is 24.0 Å². The van der Waals surface area contributed by atoms with E-state index < -0.39 is 0 Å². The molecule has 1 atom stereocenters. The summed E-state index contributed by atoms with van der Waals surface area (Å²) in [6, 6.07) is 2.77. The Morgan fingerprint density at radius 2 is 2.32 bits per heavy atom. The molecule has 1 aliphatic heterocycles. The van der Waals surface area contributed by atoms with Crippen LogP contribution in [0.4, 0.5) is 5.69 Å². The van der Waals surface area contributed by atoms with Gasteiger partial charge in [-0.2, -0.15) is 0 Å². The van der Waals surface area contributed by atoms with Gasteiger partial charge in [-0.05, 0) is 45.1 Å². The van der Waals surface area contributed by atoms with Crippen molar-refractivity contribution in [2.45, 2.75) is 32.4 Å². The second kappa shape index (κ2) is 6.87. The van der Waals surface area contributed by atoms with Gasteiger partial charge in [-0.3, -0.25) is 4.98 Å². The van der Waals surface area contributed by atoms with Crippen LogP contribution in [0.3, 0.4) is 0 Å². The molecule has 0 saturated carbocycles. The largest absolute Gasteiger partial charge is 0.366 e. The van der Waals surface area contributed by atoms with Gasteiger partial charge in [-0.15, -0.1) is 0 Å². The lowest BCUT2D eigenvalue weighted by Gasteiger charge is -2.30. The molecule has 2 heterocycles. The molecule has 4 heteroatoms. The minimum atomic E-state index is 0.625. The summed E-state index contributed by atoms with van der Waals surface area (Å²) >= 11 is 0. The van der Waals surface area contributed by atoms with E-state index in [4.69, 9.17) is 0 Å². The average molecular weight is 262 g/mol. The Kier molecular flexibility index (Phi) is 5.16. The Hall–Kier alpha value is -1.13. The van der Waals surface area contributed by atoms with Crippen LogP contribution < -0.4 is 10.2 Å². The van der Waals surface area contributed by atoms with Gasteiger partial charge >= 0.3 is 0 Å². The number of pyridine rings is 1. The third-order valence-electron chi connectivity index (χ3n) is 3.72. The number of anilines is 1. The van der Waals surface area contributed by atoms with Gasteiger partial charge in [0.25, 0.3) is 0 Å². The van der Waals surface area contributed by atoms with Gasteiger partial charge in [-0.1, -0.05) is 6.92 Å². The van der Waals surface area contributed by atoms with Crippen LogP contribution in [0.5, 0.6) is 0 Å². The highest BCUT2D eigenvalue weighted by atomic mass is 15.2. The number of aromatic nitrogens is 1. The molecule has 1 unspecified atom stereocenters. The topological polar surface area (TPSA) is 31.4 Å². The summed E-state index contributed by atoms with van der Waals surface area (Å²) in [4.78, 5) is 9.15. The van der Waals surface area contributed by atoms with E-state index in [2.05, 4.69) is 47.2 Å². The summed E-state index contributed by atoms with van der Waals surface area (Å²) in [5.74, 6) is 0.